The molecule has 3 heterocycles. The monoisotopic (exact) mass is 335 g/mol. The van der Waals surface area contributed by atoms with Crippen molar-refractivity contribution in [3.05, 3.63) is 44.7 Å². The number of rotatable bonds is 4. The van der Waals surface area contributed by atoms with Crippen molar-refractivity contribution < 1.29 is 19.7 Å². The molecule has 0 amide bonds. The van der Waals surface area contributed by atoms with Gasteiger partial charge in [0.05, 0.1) is 13.2 Å². The number of ether oxygens (including phenoxy) is 1. The Bertz CT molecular complexity index is 894. The van der Waals surface area contributed by atoms with Gasteiger partial charge in [-0.3, -0.25) is 14.5 Å². The van der Waals surface area contributed by atoms with Gasteiger partial charge < -0.3 is 23.9 Å². The van der Waals surface area contributed by atoms with Crippen LogP contribution in [0.5, 0.6) is 5.75 Å². The van der Waals surface area contributed by atoms with Gasteiger partial charge in [-0.15, -0.1) is 0 Å². The molecule has 2 aromatic heterocycles. The molecule has 0 unspecified atom stereocenters. The van der Waals surface area contributed by atoms with Crippen LogP contribution in [0.25, 0.3) is 5.52 Å². The van der Waals surface area contributed by atoms with Crippen molar-refractivity contribution in [2.45, 2.75) is 6.54 Å². The zero-order valence-corrected chi connectivity index (χ0v) is 12.8. The number of hydrogen-bond donors (Lipinski definition) is 2. The molecule has 0 bridgehead atoms. The highest BCUT2D eigenvalue weighted by Crippen LogP contribution is 2.11. The maximum atomic E-state index is 12.5. The zero-order valence-electron chi connectivity index (χ0n) is 12.8. The Labute approximate surface area is 135 Å². The minimum absolute atomic E-state index is 0.227. The quantitative estimate of drug-likeness (QED) is 0.752. The summed E-state index contributed by atoms with van der Waals surface area (Å²) in [5.74, 6) is -2.30. The van der Waals surface area contributed by atoms with Gasteiger partial charge in [0.2, 0.25) is 5.43 Å². The molecule has 0 radical (unpaired) electrons. The second-order valence-corrected chi connectivity index (χ2v) is 5.53. The van der Waals surface area contributed by atoms with Crippen LogP contribution >= 0.6 is 0 Å². The molecule has 0 saturated carbocycles. The molecular formula is C15H17N3O6. The van der Waals surface area contributed by atoms with E-state index in [1.807, 2.05) is 0 Å². The van der Waals surface area contributed by atoms with Crippen LogP contribution in [0.15, 0.2) is 28.2 Å². The first-order valence-corrected chi connectivity index (χ1v) is 7.50. The average Bonchev–Trinajstić information content (AvgIpc) is 2.57. The number of morpholine rings is 1. The largest absolute Gasteiger partial charge is 0.503 e. The highest BCUT2D eigenvalue weighted by Gasteiger charge is 2.18. The number of nitrogens with zero attached hydrogens (tertiary/aromatic N) is 3. The van der Waals surface area contributed by atoms with E-state index >= 15 is 0 Å². The van der Waals surface area contributed by atoms with E-state index in [0.717, 1.165) is 23.7 Å². The van der Waals surface area contributed by atoms with Crippen LogP contribution in [0.4, 0.5) is 0 Å². The summed E-state index contributed by atoms with van der Waals surface area (Å²) in [5.41, 5.74) is -2.42. The minimum atomic E-state index is -1.46. The lowest BCUT2D eigenvalue weighted by Gasteiger charge is -2.26. The SMILES string of the molecule is O=C(O)c1cn2ccn(CCN3CCOCC3)c(=O)c2c(O)c1=O. The summed E-state index contributed by atoms with van der Waals surface area (Å²) in [4.78, 5) is 37.6. The third kappa shape index (κ3) is 2.91. The lowest BCUT2D eigenvalue weighted by Crippen LogP contribution is -2.39. The highest BCUT2D eigenvalue weighted by atomic mass is 16.5. The summed E-state index contributed by atoms with van der Waals surface area (Å²) >= 11 is 0. The van der Waals surface area contributed by atoms with Gasteiger partial charge >= 0.3 is 5.97 Å². The summed E-state index contributed by atoms with van der Waals surface area (Å²) in [7, 11) is 0. The average molecular weight is 335 g/mol. The van der Waals surface area contributed by atoms with Gasteiger partial charge in [0.1, 0.15) is 5.56 Å². The molecule has 2 N–H and O–H groups in total. The molecule has 0 spiro atoms. The third-order valence-electron chi connectivity index (χ3n) is 4.07. The normalized spacial score (nSPS) is 15.7. The summed E-state index contributed by atoms with van der Waals surface area (Å²) < 4.78 is 7.82. The van der Waals surface area contributed by atoms with E-state index in [9.17, 15) is 19.5 Å². The second-order valence-electron chi connectivity index (χ2n) is 5.53. The molecule has 0 aromatic carbocycles. The fourth-order valence-corrected chi connectivity index (χ4v) is 2.71. The Balaban J connectivity index is 1.97. The maximum absolute atomic E-state index is 12.5. The molecule has 1 fully saturated rings. The van der Waals surface area contributed by atoms with Crippen LogP contribution < -0.4 is 11.0 Å². The summed E-state index contributed by atoms with van der Waals surface area (Å²) in [6.45, 7) is 3.91. The number of aromatic carboxylic acids is 1. The molecule has 0 atom stereocenters. The van der Waals surface area contributed by atoms with Gasteiger partial charge in [0.25, 0.3) is 5.56 Å². The van der Waals surface area contributed by atoms with Gasteiger partial charge in [0, 0.05) is 44.8 Å². The lowest BCUT2D eigenvalue weighted by molar-refractivity contribution is 0.0363. The fourth-order valence-electron chi connectivity index (χ4n) is 2.71. The molecule has 0 aliphatic carbocycles. The van der Waals surface area contributed by atoms with Crippen molar-refractivity contribution >= 4 is 11.5 Å². The van der Waals surface area contributed by atoms with Crippen molar-refractivity contribution in [1.82, 2.24) is 13.9 Å². The Hall–Kier alpha value is -2.65. The van der Waals surface area contributed by atoms with Crippen LogP contribution in [-0.2, 0) is 11.3 Å². The van der Waals surface area contributed by atoms with E-state index in [1.54, 1.807) is 0 Å². The summed E-state index contributed by atoms with van der Waals surface area (Å²) in [6, 6.07) is 0. The third-order valence-corrected chi connectivity index (χ3v) is 4.07. The van der Waals surface area contributed by atoms with Crippen molar-refractivity contribution in [3.63, 3.8) is 0 Å². The van der Waals surface area contributed by atoms with Crippen molar-refractivity contribution in [2.24, 2.45) is 0 Å². The Morgan fingerprint density at radius 1 is 1.17 bits per heavy atom. The second kappa shape index (κ2) is 6.46. The van der Waals surface area contributed by atoms with E-state index in [4.69, 9.17) is 9.84 Å². The van der Waals surface area contributed by atoms with Crippen LogP contribution in [0, 0.1) is 0 Å². The van der Waals surface area contributed by atoms with Crippen LogP contribution in [0.2, 0.25) is 0 Å². The smallest absolute Gasteiger partial charge is 0.341 e. The molecule has 1 aliphatic rings. The molecule has 9 heteroatoms. The number of fused-ring (bicyclic) bond motifs is 1. The van der Waals surface area contributed by atoms with E-state index in [0.29, 0.717) is 26.3 Å². The lowest BCUT2D eigenvalue weighted by atomic mass is 10.2. The van der Waals surface area contributed by atoms with Crippen LogP contribution in [0.1, 0.15) is 10.4 Å². The maximum Gasteiger partial charge on any atom is 0.341 e. The molecule has 1 aliphatic heterocycles. The van der Waals surface area contributed by atoms with Crippen LogP contribution in [-0.4, -0.2) is 62.9 Å². The molecular weight excluding hydrogens is 318 g/mol. The fraction of sp³-hybridized carbons (Fsp3) is 0.400. The topological polar surface area (TPSA) is 113 Å². The minimum Gasteiger partial charge on any atom is -0.503 e. The Morgan fingerprint density at radius 2 is 1.88 bits per heavy atom. The van der Waals surface area contributed by atoms with Gasteiger partial charge in [-0.1, -0.05) is 0 Å². The number of carboxylic acid groups (broad SMARTS) is 1. The molecule has 128 valence electrons. The van der Waals surface area contributed by atoms with E-state index < -0.39 is 28.3 Å². The van der Waals surface area contributed by atoms with Gasteiger partial charge in [-0.2, -0.15) is 0 Å². The number of aromatic hydroxyl groups is 1. The van der Waals surface area contributed by atoms with E-state index in [1.165, 1.54) is 17.0 Å². The molecule has 2 aromatic rings. The predicted molar refractivity (Wildman–Crippen MR) is 83.8 cm³/mol. The number of carboxylic acids is 1. The zero-order chi connectivity index (χ0) is 17.3. The first kappa shape index (κ1) is 16.2. The van der Waals surface area contributed by atoms with Crippen molar-refractivity contribution in [3.8, 4) is 5.75 Å². The van der Waals surface area contributed by atoms with E-state index in [2.05, 4.69) is 4.90 Å². The Kier molecular flexibility index (Phi) is 4.36. The van der Waals surface area contributed by atoms with Gasteiger partial charge in [-0.25, -0.2) is 4.79 Å². The van der Waals surface area contributed by atoms with Crippen molar-refractivity contribution in [1.29, 1.82) is 0 Å². The summed E-state index contributed by atoms with van der Waals surface area (Å²) in [5, 5.41) is 19.0. The number of pyridine rings is 1. The molecule has 24 heavy (non-hydrogen) atoms. The van der Waals surface area contributed by atoms with Crippen molar-refractivity contribution in [2.75, 3.05) is 32.8 Å². The van der Waals surface area contributed by atoms with Crippen LogP contribution in [0.3, 0.4) is 0 Å². The van der Waals surface area contributed by atoms with Gasteiger partial charge in [0.15, 0.2) is 11.3 Å². The summed E-state index contributed by atoms with van der Waals surface area (Å²) in [6.07, 6.45) is 3.99. The highest BCUT2D eigenvalue weighted by molar-refractivity contribution is 5.88. The molecule has 9 nitrogen and oxygen atoms in total. The van der Waals surface area contributed by atoms with Gasteiger partial charge in [-0.05, 0) is 0 Å². The predicted octanol–water partition coefficient (Wildman–Crippen LogP) is -0.803. The molecule has 1 saturated heterocycles. The first-order valence-electron chi connectivity index (χ1n) is 7.50. The molecule has 3 rings (SSSR count). The number of carbonyl (C=O) groups is 1. The first-order chi connectivity index (χ1) is 11.5. The number of aromatic nitrogens is 2. The number of hydrogen-bond acceptors (Lipinski definition) is 6. The standard InChI is InChI=1S/C15H17N3O6/c19-12-10(15(22)23)9-18-4-3-17(14(21)11(18)13(12)20)2-1-16-5-7-24-8-6-16/h3-4,9,20H,1-2,5-8H2,(H,22,23). The Morgan fingerprint density at radius 3 is 2.54 bits per heavy atom. The van der Waals surface area contributed by atoms with E-state index in [-0.39, 0.29) is 5.52 Å².